The Morgan fingerprint density at radius 3 is 2.56 bits per heavy atom. The fourth-order valence-electron chi connectivity index (χ4n) is 2.06. The van der Waals surface area contributed by atoms with E-state index in [9.17, 15) is 0 Å². The molecular formula is C12H20N4. The summed E-state index contributed by atoms with van der Waals surface area (Å²) in [4.78, 5) is 9.22. The van der Waals surface area contributed by atoms with E-state index < -0.39 is 0 Å². The molecular weight excluding hydrogens is 200 g/mol. The summed E-state index contributed by atoms with van der Waals surface area (Å²) in [5.41, 5.74) is 7.70. The molecule has 0 atom stereocenters. The van der Waals surface area contributed by atoms with E-state index in [2.05, 4.69) is 21.7 Å². The highest BCUT2D eigenvalue weighted by Crippen LogP contribution is 2.11. The highest BCUT2D eigenvalue weighted by molar-refractivity contribution is 5.41. The van der Waals surface area contributed by atoms with Crippen LogP contribution in [0.25, 0.3) is 0 Å². The van der Waals surface area contributed by atoms with Gasteiger partial charge in [-0.15, -0.1) is 0 Å². The Morgan fingerprint density at radius 2 is 1.94 bits per heavy atom. The minimum absolute atomic E-state index is 0.806. The van der Waals surface area contributed by atoms with Crippen LogP contribution in [-0.4, -0.2) is 47.5 Å². The van der Waals surface area contributed by atoms with Crippen molar-refractivity contribution in [2.45, 2.75) is 13.5 Å². The number of hydrogen-bond acceptors (Lipinski definition) is 4. The van der Waals surface area contributed by atoms with E-state index in [0.717, 1.165) is 50.6 Å². The average Bonchev–Trinajstić information content (AvgIpc) is 2.33. The number of pyridine rings is 1. The first-order valence-corrected chi connectivity index (χ1v) is 5.93. The Morgan fingerprint density at radius 1 is 1.25 bits per heavy atom. The van der Waals surface area contributed by atoms with Gasteiger partial charge >= 0.3 is 0 Å². The zero-order valence-electron chi connectivity index (χ0n) is 9.89. The van der Waals surface area contributed by atoms with Crippen LogP contribution >= 0.6 is 0 Å². The van der Waals surface area contributed by atoms with E-state index in [1.165, 1.54) is 0 Å². The summed E-state index contributed by atoms with van der Waals surface area (Å²) in [6.07, 6.45) is 1.81. The monoisotopic (exact) mass is 220 g/mol. The molecule has 2 heterocycles. The number of aromatic nitrogens is 1. The van der Waals surface area contributed by atoms with Gasteiger partial charge in [-0.25, -0.2) is 0 Å². The molecule has 4 nitrogen and oxygen atoms in total. The van der Waals surface area contributed by atoms with Crippen LogP contribution in [0.2, 0.25) is 0 Å². The molecule has 0 aromatic carbocycles. The minimum atomic E-state index is 0.806. The van der Waals surface area contributed by atoms with Gasteiger partial charge in [-0.05, 0) is 18.7 Å². The lowest BCUT2D eigenvalue weighted by Gasteiger charge is -2.33. The summed E-state index contributed by atoms with van der Waals surface area (Å²) in [7, 11) is 0. The van der Waals surface area contributed by atoms with Crippen molar-refractivity contribution >= 4 is 5.69 Å². The van der Waals surface area contributed by atoms with Crippen LogP contribution in [0, 0.1) is 0 Å². The van der Waals surface area contributed by atoms with Crippen LogP contribution in [0.15, 0.2) is 18.3 Å². The molecule has 1 aromatic rings. The lowest BCUT2D eigenvalue weighted by molar-refractivity contribution is 0.131. The molecule has 0 unspecified atom stereocenters. The molecule has 1 aromatic heterocycles. The largest absolute Gasteiger partial charge is 0.397 e. The number of nitrogen functional groups attached to an aromatic ring is 1. The molecule has 88 valence electrons. The van der Waals surface area contributed by atoms with Gasteiger partial charge in [0.05, 0.1) is 11.4 Å². The van der Waals surface area contributed by atoms with E-state index in [0.29, 0.717) is 0 Å². The number of nitrogens with two attached hydrogens (primary N) is 1. The number of anilines is 1. The maximum Gasteiger partial charge on any atom is 0.0772 e. The standard InChI is InChI=1S/C12H20N4/c1-2-15-6-8-16(9-7-15)10-12-11(13)4-3-5-14-12/h3-5H,2,6-10,13H2,1H3. The van der Waals surface area contributed by atoms with Gasteiger partial charge in [0.1, 0.15) is 0 Å². The summed E-state index contributed by atoms with van der Waals surface area (Å²) < 4.78 is 0. The van der Waals surface area contributed by atoms with E-state index in [1.807, 2.05) is 18.3 Å². The molecule has 0 bridgehead atoms. The van der Waals surface area contributed by atoms with E-state index >= 15 is 0 Å². The van der Waals surface area contributed by atoms with E-state index in [1.54, 1.807) is 0 Å². The van der Waals surface area contributed by atoms with Crippen molar-refractivity contribution in [1.29, 1.82) is 0 Å². The van der Waals surface area contributed by atoms with Gasteiger partial charge in [-0.2, -0.15) is 0 Å². The zero-order chi connectivity index (χ0) is 11.4. The fraction of sp³-hybridized carbons (Fsp3) is 0.583. The maximum absolute atomic E-state index is 5.89. The van der Waals surface area contributed by atoms with Gasteiger partial charge < -0.3 is 10.6 Å². The van der Waals surface area contributed by atoms with E-state index in [-0.39, 0.29) is 0 Å². The van der Waals surface area contributed by atoms with Crippen molar-refractivity contribution in [3.63, 3.8) is 0 Å². The molecule has 4 heteroatoms. The summed E-state index contributed by atoms with van der Waals surface area (Å²) >= 11 is 0. The van der Waals surface area contributed by atoms with Crippen molar-refractivity contribution in [2.24, 2.45) is 0 Å². The van der Waals surface area contributed by atoms with Crippen LogP contribution < -0.4 is 5.73 Å². The Balaban J connectivity index is 1.89. The molecule has 2 N–H and O–H groups in total. The molecule has 16 heavy (non-hydrogen) atoms. The van der Waals surface area contributed by atoms with E-state index in [4.69, 9.17) is 5.73 Å². The topological polar surface area (TPSA) is 45.4 Å². The highest BCUT2D eigenvalue weighted by atomic mass is 15.3. The third-order valence-corrected chi connectivity index (χ3v) is 3.21. The summed E-state index contributed by atoms with van der Waals surface area (Å²) in [5, 5.41) is 0. The summed E-state index contributed by atoms with van der Waals surface area (Å²) in [6, 6.07) is 3.80. The molecule has 0 saturated carbocycles. The minimum Gasteiger partial charge on any atom is -0.397 e. The zero-order valence-corrected chi connectivity index (χ0v) is 9.89. The third-order valence-electron chi connectivity index (χ3n) is 3.21. The van der Waals surface area contributed by atoms with Crippen molar-refractivity contribution in [1.82, 2.24) is 14.8 Å². The first kappa shape index (κ1) is 11.4. The van der Waals surface area contributed by atoms with Gasteiger partial charge in [-0.1, -0.05) is 6.92 Å². The molecule has 1 fully saturated rings. The Labute approximate surface area is 97.1 Å². The van der Waals surface area contributed by atoms with Crippen molar-refractivity contribution < 1.29 is 0 Å². The van der Waals surface area contributed by atoms with Gasteiger partial charge in [-0.3, -0.25) is 9.88 Å². The molecule has 0 aliphatic carbocycles. The Hall–Kier alpha value is -1.13. The smallest absolute Gasteiger partial charge is 0.0772 e. The number of likely N-dealkylation sites (N-methyl/N-ethyl adjacent to an activating group) is 1. The predicted molar refractivity (Wildman–Crippen MR) is 66.0 cm³/mol. The number of piperazine rings is 1. The highest BCUT2D eigenvalue weighted by Gasteiger charge is 2.16. The molecule has 2 rings (SSSR count). The second-order valence-corrected chi connectivity index (χ2v) is 4.25. The SMILES string of the molecule is CCN1CCN(Cc2ncccc2N)CC1. The predicted octanol–water partition coefficient (Wildman–Crippen LogP) is 0.801. The normalized spacial score (nSPS) is 18.8. The first-order chi connectivity index (χ1) is 7.79. The Bertz CT molecular complexity index is 332. The number of hydrogen-bond donors (Lipinski definition) is 1. The van der Waals surface area contributed by atoms with Crippen LogP contribution in [-0.2, 0) is 6.54 Å². The van der Waals surface area contributed by atoms with Gasteiger partial charge in [0.2, 0.25) is 0 Å². The van der Waals surface area contributed by atoms with Crippen LogP contribution in [0.4, 0.5) is 5.69 Å². The van der Waals surface area contributed by atoms with Gasteiger partial charge in [0.15, 0.2) is 0 Å². The van der Waals surface area contributed by atoms with Gasteiger partial charge in [0.25, 0.3) is 0 Å². The lowest BCUT2D eigenvalue weighted by Crippen LogP contribution is -2.45. The van der Waals surface area contributed by atoms with Crippen LogP contribution in [0.3, 0.4) is 0 Å². The second-order valence-electron chi connectivity index (χ2n) is 4.25. The number of rotatable bonds is 3. The number of nitrogens with zero attached hydrogens (tertiary/aromatic N) is 3. The first-order valence-electron chi connectivity index (χ1n) is 5.93. The summed E-state index contributed by atoms with van der Waals surface area (Å²) in [5.74, 6) is 0. The second kappa shape index (κ2) is 5.27. The molecule has 1 aliphatic heterocycles. The molecule has 1 aliphatic rings. The third kappa shape index (κ3) is 2.71. The van der Waals surface area contributed by atoms with Crippen molar-refractivity contribution in [3.05, 3.63) is 24.0 Å². The fourth-order valence-corrected chi connectivity index (χ4v) is 2.06. The average molecular weight is 220 g/mol. The lowest BCUT2D eigenvalue weighted by atomic mass is 10.2. The molecule has 1 saturated heterocycles. The molecule has 0 spiro atoms. The van der Waals surface area contributed by atoms with Crippen molar-refractivity contribution in [3.8, 4) is 0 Å². The van der Waals surface area contributed by atoms with Crippen LogP contribution in [0.5, 0.6) is 0 Å². The van der Waals surface area contributed by atoms with Gasteiger partial charge in [0, 0.05) is 38.9 Å². The molecule has 0 amide bonds. The van der Waals surface area contributed by atoms with Crippen LogP contribution in [0.1, 0.15) is 12.6 Å². The Kier molecular flexibility index (Phi) is 3.74. The quantitative estimate of drug-likeness (QED) is 0.818. The summed E-state index contributed by atoms with van der Waals surface area (Å²) in [6.45, 7) is 8.79. The molecule has 0 radical (unpaired) electrons. The van der Waals surface area contributed by atoms with Crippen molar-refractivity contribution in [2.75, 3.05) is 38.5 Å². The maximum atomic E-state index is 5.89.